The molecule has 18 heavy (non-hydrogen) atoms. The molecule has 0 bridgehead atoms. The first-order chi connectivity index (χ1) is 8.44. The van der Waals surface area contributed by atoms with Crippen molar-refractivity contribution in [3.05, 3.63) is 28.2 Å². The summed E-state index contributed by atoms with van der Waals surface area (Å²) in [5, 5.41) is 0. The molecule has 1 saturated heterocycles. The van der Waals surface area contributed by atoms with Crippen molar-refractivity contribution < 1.29 is 0 Å². The largest absolute Gasteiger partial charge is 0.366 e. The van der Waals surface area contributed by atoms with E-state index in [2.05, 4.69) is 59.8 Å². The molecule has 1 aliphatic heterocycles. The minimum Gasteiger partial charge on any atom is -0.366 e. The van der Waals surface area contributed by atoms with E-state index in [-0.39, 0.29) is 5.54 Å². The zero-order valence-electron chi connectivity index (χ0n) is 11.5. The average Bonchev–Trinajstić information content (AvgIpc) is 2.31. The standard InChI is InChI=1S/C15H23BrN2/c1-11-4-5-13(8-14(11)16)18-7-6-12(10-17)9-15(18,2)3/h4-5,8,12H,6-7,9-10,17H2,1-3H3. The summed E-state index contributed by atoms with van der Waals surface area (Å²) in [7, 11) is 0. The Kier molecular flexibility index (Phi) is 4.02. The van der Waals surface area contributed by atoms with Gasteiger partial charge in [-0.2, -0.15) is 0 Å². The number of hydrogen-bond donors (Lipinski definition) is 1. The number of nitrogens with zero attached hydrogens (tertiary/aromatic N) is 1. The molecule has 100 valence electrons. The highest BCUT2D eigenvalue weighted by atomic mass is 79.9. The van der Waals surface area contributed by atoms with Gasteiger partial charge in [0.25, 0.3) is 0 Å². The molecule has 1 aromatic rings. The Hall–Kier alpha value is -0.540. The second-order valence-electron chi connectivity index (χ2n) is 5.99. The molecule has 1 atom stereocenters. The third-order valence-corrected chi connectivity index (χ3v) is 4.93. The lowest BCUT2D eigenvalue weighted by Crippen LogP contribution is -2.51. The lowest BCUT2D eigenvalue weighted by Gasteiger charge is -2.47. The van der Waals surface area contributed by atoms with E-state index in [0.29, 0.717) is 5.92 Å². The second-order valence-corrected chi connectivity index (χ2v) is 6.85. The smallest absolute Gasteiger partial charge is 0.0382 e. The highest BCUT2D eigenvalue weighted by molar-refractivity contribution is 9.10. The Labute approximate surface area is 119 Å². The summed E-state index contributed by atoms with van der Waals surface area (Å²) in [6.07, 6.45) is 2.38. The fourth-order valence-corrected chi connectivity index (χ4v) is 3.33. The zero-order chi connectivity index (χ0) is 13.3. The molecule has 0 aromatic heterocycles. The summed E-state index contributed by atoms with van der Waals surface area (Å²) in [5.41, 5.74) is 8.62. The molecule has 3 heteroatoms. The first kappa shape index (κ1) is 13.9. The first-order valence-corrected chi connectivity index (χ1v) is 7.47. The molecule has 1 heterocycles. The Morgan fingerprint density at radius 1 is 1.44 bits per heavy atom. The third kappa shape index (κ3) is 2.72. The van der Waals surface area contributed by atoms with Crippen molar-refractivity contribution in [2.24, 2.45) is 11.7 Å². The van der Waals surface area contributed by atoms with Crippen LogP contribution in [-0.2, 0) is 0 Å². The molecule has 0 amide bonds. The molecule has 1 fully saturated rings. The molecule has 0 aliphatic carbocycles. The van der Waals surface area contributed by atoms with E-state index in [1.807, 2.05) is 0 Å². The molecule has 1 unspecified atom stereocenters. The molecule has 1 aromatic carbocycles. The molecule has 2 N–H and O–H groups in total. The Morgan fingerprint density at radius 2 is 2.17 bits per heavy atom. The van der Waals surface area contributed by atoms with Gasteiger partial charge in [0.2, 0.25) is 0 Å². The molecule has 2 rings (SSSR count). The maximum Gasteiger partial charge on any atom is 0.0382 e. The van der Waals surface area contributed by atoms with Crippen LogP contribution in [0.25, 0.3) is 0 Å². The number of hydrogen-bond acceptors (Lipinski definition) is 2. The number of nitrogens with two attached hydrogens (primary N) is 1. The SMILES string of the molecule is Cc1ccc(N2CCC(CN)CC2(C)C)cc1Br. The summed E-state index contributed by atoms with van der Waals surface area (Å²) in [6, 6.07) is 6.65. The van der Waals surface area contributed by atoms with Gasteiger partial charge < -0.3 is 10.6 Å². The molecular formula is C15H23BrN2. The van der Waals surface area contributed by atoms with Gasteiger partial charge in [0.1, 0.15) is 0 Å². The van der Waals surface area contributed by atoms with Crippen LogP contribution in [0.1, 0.15) is 32.3 Å². The number of halogens is 1. The Bertz CT molecular complexity index is 429. The van der Waals surface area contributed by atoms with E-state index in [9.17, 15) is 0 Å². The van der Waals surface area contributed by atoms with Crippen molar-refractivity contribution in [2.75, 3.05) is 18.0 Å². The topological polar surface area (TPSA) is 29.3 Å². The number of rotatable bonds is 2. The van der Waals surface area contributed by atoms with Crippen molar-refractivity contribution in [3.8, 4) is 0 Å². The van der Waals surface area contributed by atoms with Crippen LogP contribution in [0.4, 0.5) is 5.69 Å². The molecule has 2 nitrogen and oxygen atoms in total. The van der Waals surface area contributed by atoms with E-state index in [1.165, 1.54) is 28.6 Å². The monoisotopic (exact) mass is 310 g/mol. The lowest BCUT2D eigenvalue weighted by molar-refractivity contribution is 0.279. The minimum absolute atomic E-state index is 0.191. The number of anilines is 1. The Morgan fingerprint density at radius 3 is 2.72 bits per heavy atom. The van der Waals surface area contributed by atoms with Crippen molar-refractivity contribution in [1.29, 1.82) is 0 Å². The van der Waals surface area contributed by atoms with Gasteiger partial charge in [-0.25, -0.2) is 0 Å². The van der Waals surface area contributed by atoms with Crippen LogP contribution in [0.5, 0.6) is 0 Å². The molecule has 1 aliphatic rings. The van der Waals surface area contributed by atoms with Crippen LogP contribution >= 0.6 is 15.9 Å². The van der Waals surface area contributed by atoms with E-state index in [4.69, 9.17) is 5.73 Å². The van der Waals surface area contributed by atoms with Crippen LogP contribution in [0.3, 0.4) is 0 Å². The quantitative estimate of drug-likeness (QED) is 0.902. The van der Waals surface area contributed by atoms with Crippen LogP contribution < -0.4 is 10.6 Å². The Balaban J connectivity index is 2.25. The average molecular weight is 311 g/mol. The fraction of sp³-hybridized carbons (Fsp3) is 0.600. The second kappa shape index (κ2) is 5.22. The van der Waals surface area contributed by atoms with E-state index < -0.39 is 0 Å². The highest BCUT2D eigenvalue weighted by Gasteiger charge is 2.34. The van der Waals surface area contributed by atoms with E-state index >= 15 is 0 Å². The molecule has 0 radical (unpaired) electrons. The van der Waals surface area contributed by atoms with Crippen molar-refractivity contribution in [2.45, 2.75) is 39.2 Å². The maximum absolute atomic E-state index is 5.83. The molecular weight excluding hydrogens is 288 g/mol. The predicted molar refractivity (Wildman–Crippen MR) is 82.1 cm³/mol. The summed E-state index contributed by atoms with van der Waals surface area (Å²) < 4.78 is 1.19. The van der Waals surface area contributed by atoms with Gasteiger partial charge in [0, 0.05) is 22.2 Å². The van der Waals surface area contributed by atoms with Crippen molar-refractivity contribution >= 4 is 21.6 Å². The van der Waals surface area contributed by atoms with Crippen LogP contribution in [0.2, 0.25) is 0 Å². The van der Waals surface area contributed by atoms with Gasteiger partial charge in [-0.05, 0) is 63.8 Å². The lowest BCUT2D eigenvalue weighted by atomic mass is 9.82. The molecule has 0 saturated carbocycles. The van der Waals surface area contributed by atoms with Crippen LogP contribution in [0.15, 0.2) is 22.7 Å². The van der Waals surface area contributed by atoms with Gasteiger partial charge in [0.05, 0.1) is 0 Å². The van der Waals surface area contributed by atoms with Gasteiger partial charge in [-0.3, -0.25) is 0 Å². The van der Waals surface area contributed by atoms with Crippen LogP contribution in [0, 0.1) is 12.8 Å². The maximum atomic E-state index is 5.83. The number of aryl methyl sites for hydroxylation is 1. The summed E-state index contributed by atoms with van der Waals surface area (Å²) in [4.78, 5) is 2.52. The number of benzene rings is 1. The zero-order valence-corrected chi connectivity index (χ0v) is 13.1. The normalized spacial score (nSPS) is 23.2. The van der Waals surface area contributed by atoms with Gasteiger partial charge in [0.15, 0.2) is 0 Å². The van der Waals surface area contributed by atoms with Gasteiger partial charge in [-0.1, -0.05) is 22.0 Å². The molecule has 0 spiro atoms. The summed E-state index contributed by atoms with van der Waals surface area (Å²) in [6.45, 7) is 8.68. The summed E-state index contributed by atoms with van der Waals surface area (Å²) in [5.74, 6) is 0.671. The van der Waals surface area contributed by atoms with Crippen molar-refractivity contribution in [1.82, 2.24) is 0 Å². The van der Waals surface area contributed by atoms with Crippen molar-refractivity contribution in [3.63, 3.8) is 0 Å². The third-order valence-electron chi connectivity index (χ3n) is 4.08. The minimum atomic E-state index is 0.191. The van der Waals surface area contributed by atoms with Gasteiger partial charge in [-0.15, -0.1) is 0 Å². The fourth-order valence-electron chi connectivity index (χ4n) is 2.96. The number of piperidine rings is 1. The van der Waals surface area contributed by atoms with Crippen LogP contribution in [-0.4, -0.2) is 18.6 Å². The van der Waals surface area contributed by atoms with E-state index in [0.717, 1.165) is 13.1 Å². The predicted octanol–water partition coefficient (Wildman–Crippen LogP) is 3.71. The van der Waals surface area contributed by atoms with E-state index in [1.54, 1.807) is 0 Å². The first-order valence-electron chi connectivity index (χ1n) is 6.68. The highest BCUT2D eigenvalue weighted by Crippen LogP contribution is 2.36. The van der Waals surface area contributed by atoms with Gasteiger partial charge >= 0.3 is 0 Å². The summed E-state index contributed by atoms with van der Waals surface area (Å²) >= 11 is 3.63.